The first-order valence-electron chi connectivity index (χ1n) is 5.45. The van der Waals surface area contributed by atoms with Crippen LogP contribution in [-0.4, -0.2) is 0 Å². The molecular formula is C15H10BrI. The zero-order valence-corrected chi connectivity index (χ0v) is 12.8. The van der Waals surface area contributed by atoms with E-state index >= 15 is 0 Å². The molecule has 0 N–H and O–H groups in total. The fourth-order valence-corrected chi connectivity index (χ4v) is 3.34. The minimum absolute atomic E-state index is 0.906. The molecule has 84 valence electrons. The Morgan fingerprint density at radius 1 is 0.882 bits per heavy atom. The maximum absolute atomic E-state index is 3.52. The predicted octanol–water partition coefficient (Wildman–Crippen LogP) is 5.49. The third kappa shape index (κ3) is 1.97. The second-order valence-electron chi connectivity index (χ2n) is 4.09. The van der Waals surface area contributed by atoms with Gasteiger partial charge in [-0.2, -0.15) is 0 Å². The summed E-state index contributed by atoms with van der Waals surface area (Å²) in [6, 6.07) is 17.5. The molecular weight excluding hydrogens is 387 g/mol. The van der Waals surface area contributed by atoms with E-state index in [0.717, 1.165) is 5.33 Å². The molecule has 2 heteroatoms. The van der Waals surface area contributed by atoms with Crippen LogP contribution >= 0.6 is 38.5 Å². The maximum atomic E-state index is 3.52. The molecule has 0 aliphatic carbocycles. The van der Waals surface area contributed by atoms with Crippen molar-refractivity contribution in [3.63, 3.8) is 0 Å². The Morgan fingerprint density at radius 3 is 2.41 bits per heavy atom. The lowest BCUT2D eigenvalue weighted by atomic mass is 10.0. The quantitative estimate of drug-likeness (QED) is 0.289. The van der Waals surface area contributed by atoms with E-state index in [1.54, 1.807) is 0 Å². The molecule has 3 rings (SSSR count). The van der Waals surface area contributed by atoms with Gasteiger partial charge in [0.05, 0.1) is 0 Å². The van der Waals surface area contributed by atoms with E-state index in [1.165, 1.54) is 30.7 Å². The van der Waals surface area contributed by atoms with Crippen LogP contribution in [-0.2, 0) is 5.33 Å². The first kappa shape index (κ1) is 11.5. The SMILES string of the molecule is BrCc1ccc2cc(I)c3ccccc3c2c1. The Labute approximate surface area is 122 Å². The highest BCUT2D eigenvalue weighted by Gasteiger charge is 2.04. The standard InChI is InChI=1S/C15H10BrI/c16-9-10-5-6-11-8-15(17)13-4-2-1-3-12(13)14(11)7-10/h1-8H,9H2. The zero-order valence-electron chi connectivity index (χ0n) is 9.08. The second kappa shape index (κ2) is 4.58. The molecule has 0 unspecified atom stereocenters. The summed E-state index contributed by atoms with van der Waals surface area (Å²) in [6.45, 7) is 0. The van der Waals surface area contributed by atoms with E-state index in [1.807, 2.05) is 0 Å². The van der Waals surface area contributed by atoms with Gasteiger partial charge in [0.1, 0.15) is 0 Å². The van der Waals surface area contributed by atoms with Crippen molar-refractivity contribution in [1.29, 1.82) is 0 Å². The van der Waals surface area contributed by atoms with Crippen LogP contribution in [0.15, 0.2) is 48.5 Å². The molecule has 0 saturated carbocycles. The van der Waals surface area contributed by atoms with Crippen LogP contribution in [0.3, 0.4) is 0 Å². The zero-order chi connectivity index (χ0) is 11.8. The molecule has 0 saturated heterocycles. The molecule has 17 heavy (non-hydrogen) atoms. The molecule has 0 heterocycles. The summed E-state index contributed by atoms with van der Waals surface area (Å²) in [5, 5.41) is 6.25. The minimum atomic E-state index is 0.906. The number of hydrogen-bond acceptors (Lipinski definition) is 0. The molecule has 3 aromatic carbocycles. The molecule has 0 atom stereocenters. The van der Waals surface area contributed by atoms with Gasteiger partial charge in [-0.05, 0) is 61.8 Å². The van der Waals surface area contributed by atoms with E-state index in [0.29, 0.717) is 0 Å². The van der Waals surface area contributed by atoms with Crippen molar-refractivity contribution >= 4 is 60.1 Å². The third-order valence-corrected chi connectivity index (χ3v) is 4.57. The average Bonchev–Trinajstić information content (AvgIpc) is 2.39. The van der Waals surface area contributed by atoms with Crippen molar-refractivity contribution in [2.45, 2.75) is 5.33 Å². The second-order valence-corrected chi connectivity index (χ2v) is 5.82. The van der Waals surface area contributed by atoms with Crippen LogP contribution < -0.4 is 0 Å². The number of halogens is 2. The first-order chi connectivity index (χ1) is 8.29. The summed E-state index contributed by atoms with van der Waals surface area (Å²) in [7, 11) is 0. The van der Waals surface area contributed by atoms with Crippen molar-refractivity contribution in [2.24, 2.45) is 0 Å². The van der Waals surface area contributed by atoms with E-state index in [-0.39, 0.29) is 0 Å². The van der Waals surface area contributed by atoms with E-state index in [4.69, 9.17) is 0 Å². The van der Waals surface area contributed by atoms with Crippen LogP contribution in [0.25, 0.3) is 21.5 Å². The number of hydrogen-bond donors (Lipinski definition) is 0. The Hall–Kier alpha value is -0.610. The van der Waals surface area contributed by atoms with Crippen molar-refractivity contribution in [2.75, 3.05) is 0 Å². The van der Waals surface area contributed by atoms with Gasteiger partial charge in [-0.25, -0.2) is 0 Å². The largest absolute Gasteiger partial charge is 0.0876 e. The molecule has 0 amide bonds. The van der Waals surface area contributed by atoms with Gasteiger partial charge in [-0.1, -0.05) is 52.3 Å². The molecule has 0 aliphatic heterocycles. The lowest BCUT2D eigenvalue weighted by Crippen LogP contribution is -1.84. The Bertz CT molecular complexity index is 704. The summed E-state index contributed by atoms with van der Waals surface area (Å²) in [5.74, 6) is 0. The highest BCUT2D eigenvalue weighted by atomic mass is 127. The highest BCUT2D eigenvalue weighted by molar-refractivity contribution is 14.1. The third-order valence-electron chi connectivity index (χ3n) is 3.03. The van der Waals surface area contributed by atoms with E-state index < -0.39 is 0 Å². The van der Waals surface area contributed by atoms with Crippen LogP contribution in [0.2, 0.25) is 0 Å². The monoisotopic (exact) mass is 396 g/mol. The summed E-state index contributed by atoms with van der Waals surface area (Å²) in [5.41, 5.74) is 1.32. The molecule has 0 bridgehead atoms. The van der Waals surface area contributed by atoms with Crippen LogP contribution in [0.5, 0.6) is 0 Å². The smallest absolute Gasteiger partial charge is 0.0283 e. The van der Waals surface area contributed by atoms with E-state index in [2.05, 4.69) is 87.1 Å². The van der Waals surface area contributed by atoms with Crippen molar-refractivity contribution < 1.29 is 0 Å². The number of benzene rings is 3. The van der Waals surface area contributed by atoms with Gasteiger partial charge in [-0.15, -0.1) is 0 Å². The molecule has 0 radical (unpaired) electrons. The summed E-state index contributed by atoms with van der Waals surface area (Å²) >= 11 is 5.94. The Balaban J connectivity index is 2.51. The molecule has 0 aliphatic rings. The van der Waals surface area contributed by atoms with Gasteiger partial charge in [0, 0.05) is 8.90 Å². The minimum Gasteiger partial charge on any atom is -0.0876 e. The predicted molar refractivity (Wildman–Crippen MR) is 86.8 cm³/mol. The molecule has 0 fully saturated rings. The fraction of sp³-hybridized carbons (Fsp3) is 0.0667. The van der Waals surface area contributed by atoms with Crippen molar-refractivity contribution in [3.05, 3.63) is 57.7 Å². The molecule has 0 aromatic heterocycles. The average molecular weight is 397 g/mol. The lowest BCUT2D eigenvalue weighted by Gasteiger charge is -2.07. The van der Waals surface area contributed by atoms with Gasteiger partial charge >= 0.3 is 0 Å². The highest BCUT2D eigenvalue weighted by Crippen LogP contribution is 2.30. The van der Waals surface area contributed by atoms with Crippen LogP contribution in [0, 0.1) is 3.57 Å². The Kier molecular flexibility index (Phi) is 3.09. The van der Waals surface area contributed by atoms with Gasteiger partial charge < -0.3 is 0 Å². The van der Waals surface area contributed by atoms with Gasteiger partial charge in [-0.3, -0.25) is 0 Å². The fourth-order valence-electron chi connectivity index (χ4n) is 2.19. The molecule has 0 spiro atoms. The van der Waals surface area contributed by atoms with E-state index in [9.17, 15) is 0 Å². The van der Waals surface area contributed by atoms with Gasteiger partial charge in [0.15, 0.2) is 0 Å². The normalized spacial score (nSPS) is 11.2. The number of rotatable bonds is 1. The summed E-state index contributed by atoms with van der Waals surface area (Å²) in [4.78, 5) is 0. The van der Waals surface area contributed by atoms with Gasteiger partial charge in [0.25, 0.3) is 0 Å². The Morgan fingerprint density at radius 2 is 1.65 bits per heavy atom. The maximum Gasteiger partial charge on any atom is 0.0283 e. The number of fused-ring (bicyclic) bond motifs is 3. The molecule has 0 nitrogen and oxygen atoms in total. The summed E-state index contributed by atoms with van der Waals surface area (Å²) in [6.07, 6.45) is 0. The van der Waals surface area contributed by atoms with Gasteiger partial charge in [0.2, 0.25) is 0 Å². The molecule has 3 aromatic rings. The van der Waals surface area contributed by atoms with Crippen LogP contribution in [0.1, 0.15) is 5.56 Å². The van der Waals surface area contributed by atoms with Crippen molar-refractivity contribution in [3.8, 4) is 0 Å². The number of alkyl halides is 1. The summed E-state index contributed by atoms with van der Waals surface area (Å²) < 4.78 is 1.32. The topological polar surface area (TPSA) is 0 Å². The van der Waals surface area contributed by atoms with Crippen LogP contribution in [0.4, 0.5) is 0 Å². The lowest BCUT2D eigenvalue weighted by molar-refractivity contribution is 1.47. The first-order valence-corrected chi connectivity index (χ1v) is 7.65. The van der Waals surface area contributed by atoms with Crippen molar-refractivity contribution in [1.82, 2.24) is 0 Å².